The van der Waals surface area contributed by atoms with Gasteiger partial charge in [-0.1, -0.05) is 18.2 Å². The number of rotatable bonds is 3. The monoisotopic (exact) mass is 346 g/mol. The summed E-state index contributed by atoms with van der Waals surface area (Å²) in [5, 5.41) is 5.67. The summed E-state index contributed by atoms with van der Waals surface area (Å²) in [6, 6.07) is 14.7. The molecule has 2 aromatic carbocycles. The Morgan fingerprint density at radius 1 is 1.12 bits per heavy atom. The summed E-state index contributed by atoms with van der Waals surface area (Å²) in [6.07, 6.45) is 6.32. The third kappa shape index (κ3) is 3.59. The minimum atomic E-state index is -0.286. The van der Waals surface area contributed by atoms with Crippen molar-refractivity contribution < 1.29 is 9.53 Å². The second kappa shape index (κ2) is 7.14. The summed E-state index contributed by atoms with van der Waals surface area (Å²) < 4.78 is 5.73. The molecule has 4 rings (SSSR count). The molecule has 3 N–H and O–H groups in total. The first kappa shape index (κ1) is 16.0. The number of aromatic nitrogens is 2. The zero-order chi connectivity index (χ0) is 17.8. The number of para-hydroxylation sites is 1. The van der Waals surface area contributed by atoms with Crippen molar-refractivity contribution in [1.29, 1.82) is 0 Å². The topological polar surface area (TPSA) is 79.0 Å². The van der Waals surface area contributed by atoms with Gasteiger partial charge in [0.05, 0.1) is 18.6 Å². The van der Waals surface area contributed by atoms with Crippen molar-refractivity contribution in [2.45, 2.75) is 6.42 Å². The van der Waals surface area contributed by atoms with Crippen LogP contribution in [-0.4, -0.2) is 22.6 Å². The van der Waals surface area contributed by atoms with E-state index < -0.39 is 0 Å². The fourth-order valence-electron chi connectivity index (χ4n) is 2.88. The summed E-state index contributed by atoms with van der Waals surface area (Å²) in [5.74, 6) is 0.812. The molecule has 6 heteroatoms. The summed E-state index contributed by atoms with van der Waals surface area (Å²) in [5.41, 5.74) is 4.41. The van der Waals surface area contributed by atoms with Crippen molar-refractivity contribution in [2.24, 2.45) is 0 Å². The number of benzene rings is 2. The molecular formula is C20H18N4O2. The first-order valence-corrected chi connectivity index (χ1v) is 8.37. The number of nitrogens with one attached hydrogen (secondary N) is 3. The number of urea groups is 1. The number of nitrogens with zero attached hydrogens (tertiary/aromatic N) is 1. The number of hydrogen-bond acceptors (Lipinski definition) is 3. The van der Waals surface area contributed by atoms with Gasteiger partial charge in [0.25, 0.3) is 0 Å². The van der Waals surface area contributed by atoms with E-state index >= 15 is 0 Å². The van der Waals surface area contributed by atoms with Gasteiger partial charge in [-0.2, -0.15) is 0 Å². The van der Waals surface area contributed by atoms with E-state index in [1.807, 2.05) is 60.8 Å². The fourth-order valence-corrected chi connectivity index (χ4v) is 2.88. The molecule has 0 unspecified atom stereocenters. The summed E-state index contributed by atoms with van der Waals surface area (Å²) >= 11 is 0. The number of anilines is 2. The van der Waals surface area contributed by atoms with Gasteiger partial charge < -0.3 is 20.4 Å². The lowest BCUT2D eigenvalue weighted by molar-refractivity contribution is 0.262. The standard InChI is InChI=1S/C20H18N4O2/c25-20(23-15-4-2-1-3-5-15)24-16-6-7-19-18(11-16)14(8-9-26-19)10-17-12-21-13-22-17/h1-7,10-13H,8-9H2,(H,21,22)(H2,23,24,25)/b14-10+. The van der Waals surface area contributed by atoms with Gasteiger partial charge in [-0.05, 0) is 42.0 Å². The van der Waals surface area contributed by atoms with Gasteiger partial charge in [0, 0.05) is 29.6 Å². The van der Waals surface area contributed by atoms with Crippen molar-refractivity contribution in [3.63, 3.8) is 0 Å². The Balaban J connectivity index is 1.55. The molecule has 2 heterocycles. The molecule has 0 fully saturated rings. The normalized spacial score (nSPS) is 14.4. The molecule has 130 valence electrons. The average molecular weight is 346 g/mol. The Hall–Kier alpha value is -3.54. The second-order valence-corrected chi connectivity index (χ2v) is 5.92. The zero-order valence-corrected chi connectivity index (χ0v) is 14.0. The van der Waals surface area contributed by atoms with Crippen molar-refractivity contribution in [3.8, 4) is 5.75 Å². The molecule has 26 heavy (non-hydrogen) atoms. The van der Waals surface area contributed by atoms with Crippen LogP contribution in [-0.2, 0) is 0 Å². The number of carbonyl (C=O) groups is 1. The predicted octanol–water partition coefficient (Wildman–Crippen LogP) is 4.38. The van der Waals surface area contributed by atoms with Crippen LogP contribution in [0.3, 0.4) is 0 Å². The fraction of sp³-hybridized carbons (Fsp3) is 0.100. The Bertz CT molecular complexity index is 934. The van der Waals surface area contributed by atoms with Gasteiger partial charge >= 0.3 is 6.03 Å². The van der Waals surface area contributed by atoms with Crippen LogP contribution in [0.5, 0.6) is 5.75 Å². The molecule has 1 aliphatic rings. The van der Waals surface area contributed by atoms with Crippen molar-refractivity contribution in [1.82, 2.24) is 9.97 Å². The highest BCUT2D eigenvalue weighted by Crippen LogP contribution is 2.35. The number of H-pyrrole nitrogens is 1. The van der Waals surface area contributed by atoms with Gasteiger partial charge in [-0.15, -0.1) is 0 Å². The van der Waals surface area contributed by atoms with Gasteiger partial charge in [0.1, 0.15) is 5.75 Å². The summed E-state index contributed by atoms with van der Waals surface area (Å²) in [4.78, 5) is 19.4. The largest absolute Gasteiger partial charge is 0.493 e. The average Bonchev–Trinajstić information content (AvgIpc) is 3.16. The van der Waals surface area contributed by atoms with Crippen LogP contribution >= 0.6 is 0 Å². The maximum Gasteiger partial charge on any atom is 0.323 e. The van der Waals surface area contributed by atoms with E-state index in [-0.39, 0.29) is 6.03 Å². The number of amides is 2. The van der Waals surface area contributed by atoms with E-state index in [1.54, 1.807) is 6.33 Å². The molecule has 6 nitrogen and oxygen atoms in total. The number of hydrogen-bond donors (Lipinski definition) is 3. The van der Waals surface area contributed by atoms with E-state index in [0.29, 0.717) is 12.3 Å². The van der Waals surface area contributed by atoms with Crippen molar-refractivity contribution in [3.05, 3.63) is 72.3 Å². The second-order valence-electron chi connectivity index (χ2n) is 5.92. The molecule has 3 aromatic rings. The van der Waals surface area contributed by atoms with E-state index in [0.717, 1.165) is 34.7 Å². The molecule has 0 spiro atoms. The third-order valence-corrected chi connectivity index (χ3v) is 4.09. The first-order valence-electron chi connectivity index (χ1n) is 8.37. The Labute approximate surface area is 150 Å². The number of ether oxygens (including phenoxy) is 1. The molecule has 0 bridgehead atoms. The van der Waals surface area contributed by atoms with Gasteiger partial charge in [-0.3, -0.25) is 0 Å². The highest BCUT2D eigenvalue weighted by Gasteiger charge is 2.17. The molecule has 0 radical (unpaired) electrons. The molecule has 0 atom stereocenters. The van der Waals surface area contributed by atoms with Gasteiger partial charge in [0.15, 0.2) is 0 Å². The quantitative estimate of drug-likeness (QED) is 0.658. The van der Waals surface area contributed by atoms with Crippen LogP contribution in [0, 0.1) is 0 Å². The highest BCUT2D eigenvalue weighted by atomic mass is 16.5. The number of imidazole rings is 1. The van der Waals surface area contributed by atoms with Crippen LogP contribution in [0.1, 0.15) is 17.7 Å². The maximum atomic E-state index is 12.2. The summed E-state index contributed by atoms with van der Waals surface area (Å²) in [6.45, 7) is 0.629. The maximum absolute atomic E-state index is 12.2. The summed E-state index contributed by atoms with van der Waals surface area (Å²) in [7, 11) is 0. The smallest absolute Gasteiger partial charge is 0.323 e. The molecule has 0 saturated carbocycles. The lowest BCUT2D eigenvalue weighted by Gasteiger charge is -2.21. The number of fused-ring (bicyclic) bond motifs is 1. The minimum Gasteiger partial charge on any atom is -0.493 e. The number of carbonyl (C=O) groups excluding carboxylic acids is 1. The van der Waals surface area contributed by atoms with Gasteiger partial charge in [0.2, 0.25) is 0 Å². The van der Waals surface area contributed by atoms with Gasteiger partial charge in [-0.25, -0.2) is 9.78 Å². The Morgan fingerprint density at radius 2 is 1.96 bits per heavy atom. The van der Waals surface area contributed by atoms with Crippen molar-refractivity contribution >= 4 is 29.1 Å². The first-order chi connectivity index (χ1) is 12.8. The Kier molecular flexibility index (Phi) is 4.38. The zero-order valence-electron chi connectivity index (χ0n) is 14.0. The van der Waals surface area contributed by atoms with E-state index in [4.69, 9.17) is 4.74 Å². The minimum absolute atomic E-state index is 0.286. The Morgan fingerprint density at radius 3 is 2.77 bits per heavy atom. The molecular weight excluding hydrogens is 328 g/mol. The number of aromatic amines is 1. The van der Waals surface area contributed by atoms with E-state index in [9.17, 15) is 4.79 Å². The predicted molar refractivity (Wildman–Crippen MR) is 102 cm³/mol. The van der Waals surface area contributed by atoms with Crippen LogP contribution in [0.25, 0.3) is 11.6 Å². The SMILES string of the molecule is O=C(Nc1ccccc1)Nc1ccc2c(c1)/C(=C/c1c[nH]cn1)CCO2. The molecule has 1 aliphatic heterocycles. The molecule has 1 aromatic heterocycles. The molecule has 0 saturated heterocycles. The van der Waals surface area contributed by atoms with Crippen LogP contribution in [0.4, 0.5) is 16.2 Å². The van der Waals surface area contributed by atoms with E-state index in [1.165, 1.54) is 0 Å². The van der Waals surface area contributed by atoms with E-state index in [2.05, 4.69) is 20.6 Å². The van der Waals surface area contributed by atoms with Crippen LogP contribution < -0.4 is 15.4 Å². The highest BCUT2D eigenvalue weighted by molar-refractivity contribution is 6.00. The lowest BCUT2D eigenvalue weighted by atomic mass is 9.98. The van der Waals surface area contributed by atoms with Crippen LogP contribution in [0.15, 0.2) is 61.1 Å². The molecule has 2 amide bonds. The lowest BCUT2D eigenvalue weighted by Crippen LogP contribution is -2.19. The van der Waals surface area contributed by atoms with Crippen LogP contribution in [0.2, 0.25) is 0 Å². The van der Waals surface area contributed by atoms with Crippen molar-refractivity contribution in [2.75, 3.05) is 17.2 Å². The molecule has 0 aliphatic carbocycles. The third-order valence-electron chi connectivity index (χ3n) is 4.09.